The van der Waals surface area contributed by atoms with Crippen LogP contribution >= 0.6 is 11.6 Å². The summed E-state index contributed by atoms with van der Waals surface area (Å²) in [5.74, 6) is 0.381. The van der Waals surface area contributed by atoms with Crippen LogP contribution in [-0.4, -0.2) is 9.19 Å². The van der Waals surface area contributed by atoms with Crippen LogP contribution in [0.2, 0.25) is 5.02 Å². The summed E-state index contributed by atoms with van der Waals surface area (Å²) in [6.07, 6.45) is 1.73. The number of nitrogen functional groups attached to an aromatic ring is 1. The number of rotatable bonds is 3. The first-order valence-corrected chi connectivity index (χ1v) is 8.11. The van der Waals surface area contributed by atoms with E-state index in [9.17, 15) is 4.21 Å². The Balaban J connectivity index is 1.99. The standard InChI is InChI=1S/C16H13ClN2OS/c17-14-6-5-12(18)9-16(14)21(20)10-11-7-8-19-15-4-2-1-3-13(11)15/h1-9H,10,18H2. The minimum absolute atomic E-state index is 0.381. The maximum atomic E-state index is 12.6. The molecule has 0 fully saturated rings. The molecule has 1 atom stereocenters. The molecule has 0 radical (unpaired) electrons. The van der Waals surface area contributed by atoms with Crippen LogP contribution in [0.1, 0.15) is 5.56 Å². The highest BCUT2D eigenvalue weighted by molar-refractivity contribution is 7.84. The van der Waals surface area contributed by atoms with E-state index in [1.54, 1.807) is 24.4 Å². The molecule has 1 aromatic heterocycles. The maximum absolute atomic E-state index is 12.6. The molecule has 0 aliphatic carbocycles. The first-order chi connectivity index (χ1) is 10.1. The van der Waals surface area contributed by atoms with Crippen molar-refractivity contribution in [2.75, 3.05) is 5.73 Å². The number of nitrogens with zero attached hydrogens (tertiary/aromatic N) is 1. The molecule has 2 N–H and O–H groups in total. The van der Waals surface area contributed by atoms with Gasteiger partial charge in [0.25, 0.3) is 0 Å². The Morgan fingerprint density at radius 1 is 1.14 bits per heavy atom. The molecule has 0 bridgehead atoms. The van der Waals surface area contributed by atoms with Gasteiger partial charge in [0.15, 0.2) is 0 Å². The van der Waals surface area contributed by atoms with Gasteiger partial charge in [0.2, 0.25) is 0 Å². The molecule has 21 heavy (non-hydrogen) atoms. The van der Waals surface area contributed by atoms with Crippen molar-refractivity contribution in [3.05, 3.63) is 65.3 Å². The largest absolute Gasteiger partial charge is 0.399 e. The van der Waals surface area contributed by atoms with Crippen LogP contribution in [0.15, 0.2) is 59.6 Å². The third-order valence-corrected chi connectivity index (χ3v) is 5.07. The third kappa shape index (κ3) is 2.91. The Morgan fingerprint density at radius 2 is 1.95 bits per heavy atom. The molecule has 0 saturated heterocycles. The molecule has 0 spiro atoms. The van der Waals surface area contributed by atoms with Crippen molar-refractivity contribution >= 4 is 39.0 Å². The Labute approximate surface area is 130 Å². The Kier molecular flexibility index (Phi) is 3.90. The molecule has 106 valence electrons. The van der Waals surface area contributed by atoms with E-state index in [1.807, 2.05) is 30.3 Å². The lowest BCUT2D eigenvalue weighted by atomic mass is 10.1. The molecular weight excluding hydrogens is 304 g/mol. The third-order valence-electron chi connectivity index (χ3n) is 3.23. The monoisotopic (exact) mass is 316 g/mol. The second-order valence-electron chi connectivity index (χ2n) is 4.67. The van der Waals surface area contributed by atoms with Gasteiger partial charge in [-0.3, -0.25) is 9.19 Å². The van der Waals surface area contributed by atoms with Gasteiger partial charge >= 0.3 is 0 Å². The van der Waals surface area contributed by atoms with Crippen molar-refractivity contribution in [2.24, 2.45) is 0 Å². The average Bonchev–Trinajstić information content (AvgIpc) is 2.50. The van der Waals surface area contributed by atoms with Crippen molar-refractivity contribution in [1.29, 1.82) is 0 Å². The highest BCUT2D eigenvalue weighted by Gasteiger charge is 2.12. The predicted octanol–water partition coefficient (Wildman–Crippen LogP) is 3.78. The number of fused-ring (bicyclic) bond motifs is 1. The normalized spacial score (nSPS) is 12.4. The Bertz CT molecular complexity index is 830. The van der Waals surface area contributed by atoms with E-state index in [4.69, 9.17) is 17.3 Å². The summed E-state index contributed by atoms with van der Waals surface area (Å²) < 4.78 is 12.6. The van der Waals surface area contributed by atoms with E-state index in [0.29, 0.717) is 21.4 Å². The number of benzene rings is 2. The smallest absolute Gasteiger partial charge is 0.0705 e. The highest BCUT2D eigenvalue weighted by atomic mass is 35.5. The van der Waals surface area contributed by atoms with Gasteiger partial charge in [-0.05, 0) is 35.9 Å². The number of pyridine rings is 1. The molecule has 5 heteroatoms. The Morgan fingerprint density at radius 3 is 2.81 bits per heavy atom. The minimum atomic E-state index is -1.25. The number of nitrogens with two attached hydrogens (primary N) is 1. The van der Waals surface area contributed by atoms with Gasteiger partial charge in [-0.15, -0.1) is 0 Å². The lowest BCUT2D eigenvalue weighted by Gasteiger charge is -2.08. The highest BCUT2D eigenvalue weighted by Crippen LogP contribution is 2.26. The van der Waals surface area contributed by atoms with Crippen LogP contribution in [-0.2, 0) is 16.6 Å². The summed E-state index contributed by atoms with van der Waals surface area (Å²) in [4.78, 5) is 4.88. The zero-order valence-corrected chi connectivity index (χ0v) is 12.7. The lowest BCUT2D eigenvalue weighted by Crippen LogP contribution is -2.00. The van der Waals surface area contributed by atoms with Gasteiger partial charge in [0, 0.05) is 17.3 Å². The number of anilines is 1. The second-order valence-corrected chi connectivity index (χ2v) is 6.49. The molecule has 1 unspecified atom stereocenters. The van der Waals surface area contributed by atoms with Crippen molar-refractivity contribution < 1.29 is 4.21 Å². The van der Waals surface area contributed by atoms with Gasteiger partial charge in [-0.1, -0.05) is 29.8 Å². The first-order valence-electron chi connectivity index (χ1n) is 6.41. The van der Waals surface area contributed by atoms with E-state index < -0.39 is 10.8 Å². The second kappa shape index (κ2) is 5.84. The molecule has 0 aliphatic heterocycles. The van der Waals surface area contributed by atoms with Gasteiger partial charge < -0.3 is 5.73 Å². The topological polar surface area (TPSA) is 56.0 Å². The molecule has 0 saturated carbocycles. The zero-order valence-electron chi connectivity index (χ0n) is 11.1. The van der Waals surface area contributed by atoms with E-state index in [0.717, 1.165) is 16.5 Å². The molecule has 3 aromatic rings. The molecule has 3 rings (SSSR count). The van der Waals surface area contributed by atoms with Crippen LogP contribution in [0.25, 0.3) is 10.9 Å². The fourth-order valence-corrected chi connectivity index (χ4v) is 3.81. The summed E-state index contributed by atoms with van der Waals surface area (Å²) in [5.41, 5.74) is 8.18. The summed E-state index contributed by atoms with van der Waals surface area (Å²) in [7, 11) is -1.25. The van der Waals surface area contributed by atoms with Gasteiger partial charge in [0.1, 0.15) is 0 Å². The van der Waals surface area contributed by atoms with Crippen LogP contribution in [0.5, 0.6) is 0 Å². The van der Waals surface area contributed by atoms with Crippen molar-refractivity contribution in [3.63, 3.8) is 0 Å². The number of para-hydroxylation sites is 1. The van der Waals surface area contributed by atoms with Crippen LogP contribution in [0, 0.1) is 0 Å². The molecule has 3 nitrogen and oxygen atoms in total. The van der Waals surface area contributed by atoms with Gasteiger partial charge in [-0.25, -0.2) is 0 Å². The molecule has 2 aromatic carbocycles. The average molecular weight is 317 g/mol. The van der Waals surface area contributed by atoms with E-state index >= 15 is 0 Å². The number of hydrogen-bond donors (Lipinski definition) is 1. The van der Waals surface area contributed by atoms with Crippen molar-refractivity contribution in [2.45, 2.75) is 10.6 Å². The maximum Gasteiger partial charge on any atom is 0.0705 e. The van der Waals surface area contributed by atoms with Crippen molar-refractivity contribution in [3.8, 4) is 0 Å². The molecule has 1 heterocycles. The number of aromatic nitrogens is 1. The van der Waals surface area contributed by atoms with Gasteiger partial charge in [-0.2, -0.15) is 0 Å². The van der Waals surface area contributed by atoms with Crippen molar-refractivity contribution in [1.82, 2.24) is 4.98 Å². The van der Waals surface area contributed by atoms with Gasteiger partial charge in [0.05, 0.1) is 32.0 Å². The first kappa shape index (κ1) is 14.0. The predicted molar refractivity (Wildman–Crippen MR) is 87.7 cm³/mol. The summed E-state index contributed by atoms with van der Waals surface area (Å²) in [5, 5.41) is 1.48. The van der Waals surface area contributed by atoms with Crippen LogP contribution < -0.4 is 5.73 Å². The Hall–Kier alpha value is -1.91. The summed E-state index contributed by atoms with van der Waals surface area (Å²) >= 11 is 6.11. The van der Waals surface area contributed by atoms with Crippen LogP contribution in [0.4, 0.5) is 5.69 Å². The summed E-state index contributed by atoms with van der Waals surface area (Å²) in [6, 6.07) is 14.7. The fourth-order valence-electron chi connectivity index (χ4n) is 2.19. The SMILES string of the molecule is Nc1ccc(Cl)c(S(=O)Cc2ccnc3ccccc23)c1. The molecule has 0 aliphatic rings. The van der Waals surface area contributed by atoms with E-state index in [-0.39, 0.29) is 0 Å². The number of halogens is 1. The fraction of sp³-hybridized carbons (Fsp3) is 0.0625. The quantitative estimate of drug-likeness (QED) is 0.748. The lowest BCUT2D eigenvalue weighted by molar-refractivity contribution is 0.683. The van der Waals surface area contributed by atoms with E-state index in [2.05, 4.69) is 4.98 Å². The zero-order chi connectivity index (χ0) is 14.8. The van der Waals surface area contributed by atoms with E-state index in [1.165, 1.54) is 0 Å². The minimum Gasteiger partial charge on any atom is -0.399 e. The number of hydrogen-bond acceptors (Lipinski definition) is 3. The molecule has 0 amide bonds. The van der Waals surface area contributed by atoms with Crippen LogP contribution in [0.3, 0.4) is 0 Å². The molecular formula is C16H13ClN2OS. The summed E-state index contributed by atoms with van der Waals surface area (Å²) in [6.45, 7) is 0.